The van der Waals surface area contributed by atoms with E-state index in [1.807, 2.05) is 13.0 Å². The first-order valence-corrected chi connectivity index (χ1v) is 9.17. The summed E-state index contributed by atoms with van der Waals surface area (Å²) in [5.41, 5.74) is 1.55. The van der Waals surface area contributed by atoms with Crippen LogP contribution in [0.2, 0.25) is 5.02 Å². The van der Waals surface area contributed by atoms with Crippen molar-refractivity contribution in [2.75, 3.05) is 18.5 Å². The lowest BCUT2D eigenvalue weighted by Gasteiger charge is -2.34. The topological polar surface area (TPSA) is 67.4 Å². The predicted molar refractivity (Wildman–Crippen MR) is 99.7 cm³/mol. The van der Waals surface area contributed by atoms with Crippen LogP contribution in [-0.4, -0.2) is 31.1 Å². The van der Waals surface area contributed by atoms with Gasteiger partial charge in [0.15, 0.2) is 0 Å². The van der Waals surface area contributed by atoms with Gasteiger partial charge in [-0.05, 0) is 42.9 Å². The van der Waals surface area contributed by atoms with Crippen molar-refractivity contribution in [3.05, 3.63) is 28.8 Å². The molecule has 0 radical (unpaired) electrons. The second-order valence-electron chi connectivity index (χ2n) is 6.95. The first-order chi connectivity index (χ1) is 11.9. The first-order valence-electron chi connectivity index (χ1n) is 8.80. The van der Waals surface area contributed by atoms with E-state index >= 15 is 0 Å². The molecular formula is C19H27ClN2O3. The van der Waals surface area contributed by atoms with Gasteiger partial charge in [0.2, 0.25) is 11.8 Å². The normalized spacial score (nSPS) is 23.1. The van der Waals surface area contributed by atoms with E-state index in [1.54, 1.807) is 12.1 Å². The van der Waals surface area contributed by atoms with E-state index in [4.69, 9.17) is 16.3 Å². The van der Waals surface area contributed by atoms with Crippen LogP contribution in [0.25, 0.3) is 0 Å². The number of hydrogen-bond donors (Lipinski definition) is 2. The van der Waals surface area contributed by atoms with Crippen molar-refractivity contribution in [3.63, 3.8) is 0 Å². The Labute approximate surface area is 154 Å². The Morgan fingerprint density at radius 2 is 1.92 bits per heavy atom. The van der Waals surface area contributed by atoms with Gasteiger partial charge in [0.1, 0.15) is 13.2 Å². The molecule has 1 aliphatic carbocycles. The maximum atomic E-state index is 12.0. The molecule has 0 aliphatic heterocycles. The minimum absolute atomic E-state index is 0.111. The van der Waals surface area contributed by atoms with E-state index in [1.165, 1.54) is 6.42 Å². The molecule has 1 fully saturated rings. The van der Waals surface area contributed by atoms with Crippen LogP contribution in [0, 0.1) is 18.8 Å². The van der Waals surface area contributed by atoms with Crippen LogP contribution in [0.1, 0.15) is 38.7 Å². The molecule has 0 heterocycles. The standard InChI is InChI=1S/C19H27ClN2O3/c1-12-5-4-6-17(14(12)3)22-19(24)11-25-10-18(23)21-15-8-7-13(2)16(20)9-15/h7-9,12,14,17H,4-6,10-11H2,1-3H3,(H,21,23)(H,22,24)/t12-,14-,17+/m0/s1. The molecular weight excluding hydrogens is 340 g/mol. The zero-order chi connectivity index (χ0) is 18.4. The van der Waals surface area contributed by atoms with E-state index in [-0.39, 0.29) is 31.1 Å². The Balaban J connectivity index is 1.69. The SMILES string of the molecule is Cc1ccc(NC(=O)COCC(=O)N[C@@H]2CCC[C@H](C)[C@@H]2C)cc1Cl. The number of anilines is 1. The molecule has 6 heteroatoms. The number of carbonyl (C=O) groups is 2. The molecule has 1 aromatic rings. The third kappa shape index (κ3) is 6.01. The molecule has 138 valence electrons. The zero-order valence-corrected chi connectivity index (χ0v) is 15.9. The first kappa shape index (κ1) is 19.7. The van der Waals surface area contributed by atoms with Crippen molar-refractivity contribution >= 4 is 29.1 Å². The molecule has 2 N–H and O–H groups in total. The number of hydrogen-bond acceptors (Lipinski definition) is 3. The van der Waals surface area contributed by atoms with Gasteiger partial charge in [-0.15, -0.1) is 0 Å². The molecule has 5 nitrogen and oxygen atoms in total. The number of nitrogens with one attached hydrogen (secondary N) is 2. The lowest BCUT2D eigenvalue weighted by molar-refractivity contribution is -0.129. The Morgan fingerprint density at radius 1 is 1.20 bits per heavy atom. The summed E-state index contributed by atoms with van der Waals surface area (Å²) in [5, 5.41) is 6.31. The van der Waals surface area contributed by atoms with Gasteiger partial charge in [0.05, 0.1) is 0 Å². The zero-order valence-electron chi connectivity index (χ0n) is 15.1. The van der Waals surface area contributed by atoms with E-state index in [0.29, 0.717) is 22.5 Å². The molecule has 1 saturated carbocycles. The van der Waals surface area contributed by atoms with Crippen LogP contribution in [0.15, 0.2) is 18.2 Å². The monoisotopic (exact) mass is 366 g/mol. The van der Waals surface area contributed by atoms with Gasteiger partial charge in [-0.1, -0.05) is 44.4 Å². The van der Waals surface area contributed by atoms with E-state index in [2.05, 4.69) is 24.5 Å². The Bertz CT molecular complexity index is 621. The van der Waals surface area contributed by atoms with Crippen LogP contribution >= 0.6 is 11.6 Å². The van der Waals surface area contributed by atoms with Gasteiger partial charge < -0.3 is 15.4 Å². The highest BCUT2D eigenvalue weighted by atomic mass is 35.5. The minimum atomic E-state index is -0.313. The second kappa shape index (κ2) is 9.20. The number of rotatable bonds is 6. The summed E-state index contributed by atoms with van der Waals surface area (Å²) in [7, 11) is 0. The highest BCUT2D eigenvalue weighted by molar-refractivity contribution is 6.31. The molecule has 0 spiro atoms. The van der Waals surface area contributed by atoms with Crippen molar-refractivity contribution in [1.29, 1.82) is 0 Å². The summed E-state index contributed by atoms with van der Waals surface area (Å²) in [4.78, 5) is 23.9. The number of halogens is 1. The third-order valence-corrected chi connectivity index (χ3v) is 5.38. The molecule has 2 amide bonds. The average Bonchev–Trinajstić information content (AvgIpc) is 2.55. The van der Waals surface area contributed by atoms with Crippen LogP contribution in [0.3, 0.4) is 0 Å². The summed E-state index contributed by atoms with van der Waals surface area (Å²) >= 11 is 6.02. The van der Waals surface area contributed by atoms with E-state index < -0.39 is 0 Å². The van der Waals surface area contributed by atoms with Gasteiger partial charge in [0, 0.05) is 16.8 Å². The van der Waals surface area contributed by atoms with Crippen LogP contribution in [0.5, 0.6) is 0 Å². The minimum Gasteiger partial charge on any atom is -0.362 e. The highest BCUT2D eigenvalue weighted by Crippen LogP contribution is 2.29. The fourth-order valence-electron chi connectivity index (χ4n) is 3.14. The molecule has 0 saturated heterocycles. The molecule has 1 aliphatic rings. The lowest BCUT2D eigenvalue weighted by Crippen LogP contribution is -2.45. The van der Waals surface area contributed by atoms with Crippen LogP contribution in [0.4, 0.5) is 5.69 Å². The van der Waals surface area contributed by atoms with E-state index in [0.717, 1.165) is 18.4 Å². The van der Waals surface area contributed by atoms with Crippen molar-refractivity contribution in [1.82, 2.24) is 5.32 Å². The number of ether oxygens (including phenoxy) is 1. The summed E-state index contributed by atoms with van der Waals surface area (Å²) < 4.78 is 5.23. The summed E-state index contributed by atoms with van der Waals surface area (Å²) in [6.07, 6.45) is 3.36. The fraction of sp³-hybridized carbons (Fsp3) is 0.579. The Hall–Kier alpha value is -1.59. The number of amides is 2. The second-order valence-corrected chi connectivity index (χ2v) is 7.35. The maximum Gasteiger partial charge on any atom is 0.250 e. The summed E-state index contributed by atoms with van der Waals surface area (Å²) in [6, 6.07) is 5.49. The predicted octanol–water partition coefficient (Wildman–Crippen LogP) is 3.54. The molecule has 0 unspecified atom stereocenters. The van der Waals surface area contributed by atoms with Gasteiger partial charge in [-0.25, -0.2) is 0 Å². The largest absolute Gasteiger partial charge is 0.362 e. The van der Waals surface area contributed by atoms with Gasteiger partial charge in [-0.2, -0.15) is 0 Å². The number of carbonyl (C=O) groups excluding carboxylic acids is 2. The third-order valence-electron chi connectivity index (χ3n) is 4.98. The van der Waals surface area contributed by atoms with E-state index in [9.17, 15) is 9.59 Å². The molecule has 1 aromatic carbocycles. The maximum absolute atomic E-state index is 12.0. The van der Waals surface area contributed by atoms with Crippen LogP contribution < -0.4 is 10.6 Å². The summed E-state index contributed by atoms with van der Waals surface area (Å²) in [5.74, 6) is 0.601. The van der Waals surface area contributed by atoms with Crippen molar-refractivity contribution < 1.29 is 14.3 Å². The molecule has 25 heavy (non-hydrogen) atoms. The van der Waals surface area contributed by atoms with Crippen LogP contribution in [-0.2, 0) is 14.3 Å². The number of benzene rings is 1. The fourth-order valence-corrected chi connectivity index (χ4v) is 3.32. The summed E-state index contributed by atoms with van der Waals surface area (Å²) in [6.45, 7) is 6.01. The molecule has 3 atom stereocenters. The van der Waals surface area contributed by atoms with Gasteiger partial charge >= 0.3 is 0 Å². The quantitative estimate of drug-likeness (QED) is 0.809. The van der Waals surface area contributed by atoms with Gasteiger partial charge in [0.25, 0.3) is 0 Å². The smallest absolute Gasteiger partial charge is 0.250 e. The van der Waals surface area contributed by atoms with Crippen molar-refractivity contribution in [2.45, 2.75) is 46.1 Å². The van der Waals surface area contributed by atoms with Crippen molar-refractivity contribution in [3.8, 4) is 0 Å². The average molecular weight is 367 g/mol. The van der Waals surface area contributed by atoms with Crippen molar-refractivity contribution in [2.24, 2.45) is 11.8 Å². The Morgan fingerprint density at radius 3 is 2.64 bits per heavy atom. The molecule has 0 aromatic heterocycles. The number of aryl methyl sites for hydroxylation is 1. The highest BCUT2D eigenvalue weighted by Gasteiger charge is 2.28. The molecule has 0 bridgehead atoms. The lowest BCUT2D eigenvalue weighted by atomic mass is 9.78. The Kier molecular flexibility index (Phi) is 7.26. The molecule has 2 rings (SSSR count). The van der Waals surface area contributed by atoms with Gasteiger partial charge in [-0.3, -0.25) is 9.59 Å².